The van der Waals surface area contributed by atoms with Crippen molar-refractivity contribution in [2.45, 2.75) is 33.6 Å². The third-order valence-corrected chi connectivity index (χ3v) is 5.01. The molecule has 0 fully saturated rings. The summed E-state index contributed by atoms with van der Waals surface area (Å²) in [5, 5.41) is 7.52. The van der Waals surface area contributed by atoms with Gasteiger partial charge in [0.1, 0.15) is 5.76 Å². The SMILES string of the molecule is Cc1c(C(=O)Nc2cccnc2)oc2c1/C(=N\Nc1ccccc1)CC(C)(C)C2. The number of nitrogens with one attached hydrogen (secondary N) is 2. The largest absolute Gasteiger partial charge is 0.455 e. The molecule has 0 saturated heterocycles. The lowest BCUT2D eigenvalue weighted by Gasteiger charge is -2.29. The first-order chi connectivity index (χ1) is 13.9. The monoisotopic (exact) mass is 388 g/mol. The number of para-hydroxylation sites is 1. The Hall–Kier alpha value is -3.41. The highest BCUT2D eigenvalue weighted by Gasteiger charge is 2.36. The number of benzene rings is 1. The Morgan fingerprint density at radius 3 is 2.59 bits per heavy atom. The van der Waals surface area contributed by atoms with Gasteiger partial charge in [0.2, 0.25) is 0 Å². The Bertz CT molecular complexity index is 1050. The summed E-state index contributed by atoms with van der Waals surface area (Å²) >= 11 is 0. The number of pyridine rings is 1. The van der Waals surface area contributed by atoms with Crippen LogP contribution < -0.4 is 10.7 Å². The minimum Gasteiger partial charge on any atom is -0.455 e. The van der Waals surface area contributed by atoms with Crippen LogP contribution in [0, 0.1) is 12.3 Å². The number of hydrazone groups is 1. The van der Waals surface area contributed by atoms with Crippen molar-refractivity contribution >= 4 is 23.0 Å². The first-order valence-corrected chi connectivity index (χ1v) is 9.64. The van der Waals surface area contributed by atoms with E-state index in [0.717, 1.165) is 41.1 Å². The fourth-order valence-corrected chi connectivity index (χ4v) is 3.70. The molecule has 6 nitrogen and oxygen atoms in total. The average molecular weight is 388 g/mol. The van der Waals surface area contributed by atoms with Crippen LogP contribution in [0.15, 0.2) is 64.4 Å². The van der Waals surface area contributed by atoms with E-state index in [1.54, 1.807) is 24.5 Å². The van der Waals surface area contributed by atoms with Crippen molar-refractivity contribution in [3.63, 3.8) is 0 Å². The van der Waals surface area contributed by atoms with Gasteiger partial charge in [0.05, 0.1) is 23.3 Å². The fourth-order valence-electron chi connectivity index (χ4n) is 3.70. The van der Waals surface area contributed by atoms with Crippen molar-refractivity contribution in [1.29, 1.82) is 0 Å². The van der Waals surface area contributed by atoms with E-state index in [-0.39, 0.29) is 11.3 Å². The second-order valence-electron chi connectivity index (χ2n) is 8.10. The summed E-state index contributed by atoms with van der Waals surface area (Å²) in [6.07, 6.45) is 4.82. The number of carbonyl (C=O) groups is 1. The summed E-state index contributed by atoms with van der Waals surface area (Å²) in [5.41, 5.74) is 7.33. The summed E-state index contributed by atoms with van der Waals surface area (Å²) in [6, 6.07) is 13.4. The maximum atomic E-state index is 12.8. The van der Waals surface area contributed by atoms with Gasteiger partial charge in [0.15, 0.2) is 5.76 Å². The zero-order chi connectivity index (χ0) is 20.4. The third-order valence-electron chi connectivity index (χ3n) is 5.01. The van der Waals surface area contributed by atoms with Crippen molar-refractivity contribution in [2.75, 3.05) is 10.7 Å². The molecule has 0 atom stereocenters. The summed E-state index contributed by atoms with van der Waals surface area (Å²) in [5.74, 6) is 0.853. The van der Waals surface area contributed by atoms with E-state index >= 15 is 0 Å². The number of fused-ring (bicyclic) bond motifs is 1. The van der Waals surface area contributed by atoms with E-state index in [2.05, 4.69) is 34.7 Å². The van der Waals surface area contributed by atoms with Crippen molar-refractivity contribution in [3.05, 3.63) is 77.5 Å². The van der Waals surface area contributed by atoms with Gasteiger partial charge < -0.3 is 9.73 Å². The quantitative estimate of drug-likeness (QED) is 0.615. The van der Waals surface area contributed by atoms with E-state index in [9.17, 15) is 4.79 Å². The molecular formula is C23H24N4O2. The highest BCUT2D eigenvalue weighted by atomic mass is 16.4. The third kappa shape index (κ3) is 4.06. The molecule has 0 radical (unpaired) electrons. The fraction of sp³-hybridized carbons (Fsp3) is 0.261. The highest BCUT2D eigenvalue weighted by Crippen LogP contribution is 2.39. The lowest BCUT2D eigenvalue weighted by atomic mass is 9.75. The van der Waals surface area contributed by atoms with E-state index in [1.165, 1.54) is 0 Å². The van der Waals surface area contributed by atoms with Gasteiger partial charge in [0.25, 0.3) is 5.91 Å². The molecule has 4 rings (SSSR count). The van der Waals surface area contributed by atoms with Crippen LogP contribution in [0.2, 0.25) is 0 Å². The predicted octanol–water partition coefficient (Wildman–Crippen LogP) is 5.02. The van der Waals surface area contributed by atoms with Crippen LogP contribution in [-0.4, -0.2) is 16.6 Å². The Labute approximate surface area is 170 Å². The van der Waals surface area contributed by atoms with Gasteiger partial charge in [-0.05, 0) is 43.0 Å². The maximum Gasteiger partial charge on any atom is 0.291 e. The molecule has 29 heavy (non-hydrogen) atoms. The molecule has 2 aromatic heterocycles. The van der Waals surface area contributed by atoms with E-state index in [0.29, 0.717) is 11.4 Å². The van der Waals surface area contributed by atoms with Gasteiger partial charge in [-0.15, -0.1) is 0 Å². The molecule has 148 valence electrons. The Balaban J connectivity index is 1.67. The number of hydrogen-bond donors (Lipinski definition) is 2. The van der Waals surface area contributed by atoms with Gasteiger partial charge in [-0.1, -0.05) is 32.0 Å². The van der Waals surface area contributed by atoms with Crippen LogP contribution >= 0.6 is 0 Å². The van der Waals surface area contributed by atoms with Crippen LogP contribution in [0.25, 0.3) is 0 Å². The van der Waals surface area contributed by atoms with Crippen molar-refractivity contribution in [1.82, 2.24) is 4.98 Å². The van der Waals surface area contributed by atoms with E-state index in [4.69, 9.17) is 4.42 Å². The predicted molar refractivity (Wildman–Crippen MR) is 114 cm³/mol. The van der Waals surface area contributed by atoms with Crippen LogP contribution in [0.1, 0.15) is 47.7 Å². The summed E-state index contributed by atoms with van der Waals surface area (Å²) in [4.78, 5) is 16.8. The first-order valence-electron chi connectivity index (χ1n) is 9.64. The smallest absolute Gasteiger partial charge is 0.291 e. The van der Waals surface area contributed by atoms with Crippen LogP contribution in [0.3, 0.4) is 0 Å². The molecule has 1 amide bonds. The summed E-state index contributed by atoms with van der Waals surface area (Å²) in [6.45, 7) is 6.28. The second kappa shape index (κ2) is 7.54. The number of furan rings is 1. The number of nitrogens with zero attached hydrogens (tertiary/aromatic N) is 2. The summed E-state index contributed by atoms with van der Waals surface area (Å²) < 4.78 is 6.05. The molecule has 0 aliphatic heterocycles. The molecule has 1 aliphatic rings. The molecule has 6 heteroatoms. The Morgan fingerprint density at radius 2 is 1.86 bits per heavy atom. The molecule has 0 unspecified atom stereocenters. The van der Waals surface area contributed by atoms with E-state index in [1.807, 2.05) is 37.3 Å². The van der Waals surface area contributed by atoms with Crippen LogP contribution in [0.4, 0.5) is 11.4 Å². The van der Waals surface area contributed by atoms with Gasteiger partial charge in [-0.25, -0.2) is 0 Å². The van der Waals surface area contributed by atoms with Crippen molar-refractivity contribution in [2.24, 2.45) is 10.5 Å². The first kappa shape index (κ1) is 18.9. The number of anilines is 2. The number of carbonyl (C=O) groups excluding carboxylic acids is 1. The zero-order valence-electron chi connectivity index (χ0n) is 16.8. The number of amides is 1. The molecule has 0 saturated carbocycles. The van der Waals surface area contributed by atoms with Gasteiger partial charge in [-0.3, -0.25) is 15.2 Å². The minimum absolute atomic E-state index is 0.00834. The lowest BCUT2D eigenvalue weighted by Crippen LogP contribution is -2.27. The zero-order valence-corrected chi connectivity index (χ0v) is 16.8. The van der Waals surface area contributed by atoms with Gasteiger partial charge >= 0.3 is 0 Å². The normalized spacial score (nSPS) is 16.3. The van der Waals surface area contributed by atoms with Crippen LogP contribution in [-0.2, 0) is 6.42 Å². The minimum atomic E-state index is -0.280. The number of aromatic nitrogens is 1. The molecule has 3 aromatic rings. The molecular weight excluding hydrogens is 364 g/mol. The second-order valence-corrected chi connectivity index (χ2v) is 8.10. The maximum absolute atomic E-state index is 12.8. The Kier molecular flexibility index (Phi) is 4.92. The Morgan fingerprint density at radius 1 is 1.10 bits per heavy atom. The number of hydrogen-bond acceptors (Lipinski definition) is 5. The molecule has 0 bridgehead atoms. The number of rotatable bonds is 4. The molecule has 0 spiro atoms. The van der Waals surface area contributed by atoms with Crippen molar-refractivity contribution < 1.29 is 9.21 Å². The average Bonchev–Trinajstić information content (AvgIpc) is 3.03. The van der Waals surface area contributed by atoms with E-state index < -0.39 is 0 Å². The topological polar surface area (TPSA) is 79.5 Å². The van der Waals surface area contributed by atoms with Gasteiger partial charge in [0, 0.05) is 23.7 Å². The molecule has 1 aromatic carbocycles. The summed E-state index contributed by atoms with van der Waals surface area (Å²) in [7, 11) is 0. The molecule has 1 aliphatic carbocycles. The standard InChI is InChI=1S/C23H24N4O2/c1-15-20-18(27-26-16-8-5-4-6-9-16)12-23(2,3)13-19(20)29-21(15)22(28)25-17-10-7-11-24-14-17/h4-11,14,26H,12-13H2,1-3H3,(H,25,28)/b27-18-. The van der Waals surface area contributed by atoms with Crippen molar-refractivity contribution in [3.8, 4) is 0 Å². The lowest BCUT2D eigenvalue weighted by molar-refractivity contribution is 0.0993. The highest BCUT2D eigenvalue weighted by molar-refractivity contribution is 6.09. The molecule has 2 N–H and O–H groups in total. The van der Waals surface area contributed by atoms with Gasteiger partial charge in [-0.2, -0.15) is 5.10 Å². The molecule has 2 heterocycles. The van der Waals surface area contributed by atoms with Crippen LogP contribution in [0.5, 0.6) is 0 Å².